The van der Waals surface area contributed by atoms with Crippen molar-refractivity contribution in [3.05, 3.63) is 56.9 Å². The minimum absolute atomic E-state index is 0.126. The lowest BCUT2D eigenvalue weighted by Crippen LogP contribution is -2.23. The van der Waals surface area contributed by atoms with Gasteiger partial charge >= 0.3 is 5.97 Å². The Kier molecular flexibility index (Phi) is 5.72. The van der Waals surface area contributed by atoms with Gasteiger partial charge in [0.1, 0.15) is 0 Å². The summed E-state index contributed by atoms with van der Waals surface area (Å²) in [6, 6.07) is 9.01. The second kappa shape index (κ2) is 8.44. The number of fused-ring (bicyclic) bond motifs is 3. The summed E-state index contributed by atoms with van der Waals surface area (Å²) in [5.41, 5.74) is 4.04. The number of thiophene rings is 1. The SMILES string of the molecule is CC(=O)NCc1ccc(C(=O)[C@@H](C)OC(=O)c2ccc3[nH]c4c(c3c2)CCCC4)s1. The first kappa shape index (κ1) is 20.3. The first-order valence-corrected chi connectivity index (χ1v) is 11.0. The van der Waals surface area contributed by atoms with Crippen LogP contribution in [0.3, 0.4) is 0 Å². The van der Waals surface area contributed by atoms with Gasteiger partial charge in [0, 0.05) is 28.4 Å². The van der Waals surface area contributed by atoms with Crippen LogP contribution < -0.4 is 5.32 Å². The molecule has 30 heavy (non-hydrogen) atoms. The highest BCUT2D eigenvalue weighted by atomic mass is 32.1. The average molecular weight is 425 g/mol. The smallest absolute Gasteiger partial charge is 0.338 e. The Balaban J connectivity index is 1.45. The fourth-order valence-electron chi connectivity index (χ4n) is 3.83. The fraction of sp³-hybridized carbons (Fsp3) is 0.348. The van der Waals surface area contributed by atoms with Crippen molar-refractivity contribution in [3.8, 4) is 0 Å². The highest BCUT2D eigenvalue weighted by Gasteiger charge is 2.23. The van der Waals surface area contributed by atoms with Crippen molar-refractivity contribution in [1.82, 2.24) is 10.3 Å². The van der Waals surface area contributed by atoms with Crippen molar-refractivity contribution in [2.24, 2.45) is 0 Å². The molecule has 1 atom stereocenters. The number of ether oxygens (including phenoxy) is 1. The average Bonchev–Trinajstić information content (AvgIpc) is 3.35. The van der Waals surface area contributed by atoms with E-state index in [0.717, 1.165) is 35.0 Å². The standard InChI is InChI=1S/C23H24N2O4S/c1-13(22(27)21-10-8-16(30-21)12-24-14(2)26)29-23(28)15-7-9-20-18(11-15)17-5-3-4-6-19(17)25-20/h7-11,13,25H,3-6,12H2,1-2H3,(H,24,26)/t13-/m1/s1. The number of aryl methyl sites for hydroxylation is 2. The topological polar surface area (TPSA) is 88.3 Å². The molecule has 7 heteroatoms. The van der Waals surface area contributed by atoms with Crippen molar-refractivity contribution in [3.63, 3.8) is 0 Å². The Morgan fingerprint density at radius 2 is 1.97 bits per heavy atom. The van der Waals surface area contributed by atoms with Crippen molar-refractivity contribution in [2.75, 3.05) is 0 Å². The number of benzene rings is 1. The van der Waals surface area contributed by atoms with Gasteiger partial charge in [0.2, 0.25) is 11.7 Å². The molecule has 156 valence electrons. The molecule has 0 aliphatic heterocycles. The van der Waals surface area contributed by atoms with Crippen LogP contribution in [0.1, 0.15) is 62.9 Å². The zero-order chi connectivity index (χ0) is 21.3. The molecule has 0 spiro atoms. The van der Waals surface area contributed by atoms with Crippen LogP contribution in [0.2, 0.25) is 0 Å². The van der Waals surface area contributed by atoms with Crippen LogP contribution in [0.5, 0.6) is 0 Å². The van der Waals surface area contributed by atoms with Gasteiger partial charge < -0.3 is 15.0 Å². The molecule has 6 nitrogen and oxygen atoms in total. The summed E-state index contributed by atoms with van der Waals surface area (Å²) in [4.78, 5) is 41.2. The predicted octanol–water partition coefficient (Wildman–Crippen LogP) is 4.17. The molecule has 0 radical (unpaired) electrons. The number of amides is 1. The number of hydrogen-bond acceptors (Lipinski definition) is 5. The number of carbonyl (C=O) groups excluding carboxylic acids is 3. The molecule has 0 unspecified atom stereocenters. The largest absolute Gasteiger partial charge is 0.451 e. The predicted molar refractivity (Wildman–Crippen MR) is 116 cm³/mol. The first-order valence-electron chi connectivity index (χ1n) is 10.1. The van der Waals surface area contributed by atoms with E-state index in [4.69, 9.17) is 4.74 Å². The highest BCUT2D eigenvalue weighted by molar-refractivity contribution is 7.14. The summed E-state index contributed by atoms with van der Waals surface area (Å²) in [6.45, 7) is 3.41. The quantitative estimate of drug-likeness (QED) is 0.459. The molecular weight excluding hydrogens is 400 g/mol. The number of carbonyl (C=O) groups is 3. The third-order valence-corrected chi connectivity index (χ3v) is 6.50. The number of aromatic nitrogens is 1. The van der Waals surface area contributed by atoms with Crippen molar-refractivity contribution in [2.45, 2.75) is 52.2 Å². The summed E-state index contributed by atoms with van der Waals surface area (Å²) >= 11 is 1.29. The van der Waals surface area contributed by atoms with E-state index in [1.165, 1.54) is 35.9 Å². The molecule has 0 saturated heterocycles. The monoisotopic (exact) mass is 424 g/mol. The zero-order valence-electron chi connectivity index (χ0n) is 17.0. The molecule has 0 fully saturated rings. The van der Waals surface area contributed by atoms with Crippen LogP contribution in [0, 0.1) is 0 Å². The normalized spacial score (nSPS) is 14.2. The lowest BCUT2D eigenvalue weighted by atomic mass is 9.95. The number of H-pyrrole nitrogens is 1. The van der Waals surface area contributed by atoms with Gasteiger partial charge in [-0.2, -0.15) is 0 Å². The Morgan fingerprint density at radius 1 is 1.17 bits per heavy atom. The summed E-state index contributed by atoms with van der Waals surface area (Å²) < 4.78 is 5.47. The van der Waals surface area contributed by atoms with Gasteiger partial charge in [-0.05, 0) is 68.5 Å². The van der Waals surface area contributed by atoms with Gasteiger partial charge in [0.05, 0.1) is 17.0 Å². The van der Waals surface area contributed by atoms with Crippen LogP contribution in [0.4, 0.5) is 0 Å². The van der Waals surface area contributed by atoms with Crippen molar-refractivity contribution >= 4 is 39.9 Å². The third kappa shape index (κ3) is 4.16. The second-order valence-corrected chi connectivity index (χ2v) is 8.81. The summed E-state index contributed by atoms with van der Waals surface area (Å²) in [6.07, 6.45) is 3.51. The number of hydrogen-bond donors (Lipinski definition) is 2. The van der Waals surface area contributed by atoms with Gasteiger partial charge in [-0.1, -0.05) is 0 Å². The molecule has 1 amide bonds. The van der Waals surface area contributed by atoms with E-state index < -0.39 is 12.1 Å². The molecule has 0 saturated carbocycles. The molecule has 2 N–H and O–H groups in total. The molecule has 1 aliphatic carbocycles. The summed E-state index contributed by atoms with van der Waals surface area (Å²) in [7, 11) is 0. The van der Waals surface area contributed by atoms with Gasteiger partial charge in [0.25, 0.3) is 0 Å². The Labute approximate surface area is 178 Å². The van der Waals surface area contributed by atoms with Gasteiger partial charge in [-0.3, -0.25) is 9.59 Å². The molecular formula is C23H24N2O4S. The molecule has 0 bridgehead atoms. The maximum absolute atomic E-state index is 12.7. The van der Waals surface area contributed by atoms with Gasteiger partial charge in [-0.15, -0.1) is 11.3 Å². The van der Waals surface area contributed by atoms with Gasteiger partial charge in [0.15, 0.2) is 6.10 Å². The van der Waals surface area contributed by atoms with Gasteiger partial charge in [-0.25, -0.2) is 4.79 Å². The Bertz CT molecular complexity index is 1130. The lowest BCUT2D eigenvalue weighted by Gasteiger charge is -2.12. The molecule has 2 heterocycles. The van der Waals surface area contributed by atoms with E-state index >= 15 is 0 Å². The first-order chi connectivity index (χ1) is 14.4. The minimum atomic E-state index is -0.888. The van der Waals surface area contributed by atoms with Crippen molar-refractivity contribution < 1.29 is 19.1 Å². The number of esters is 1. The molecule has 3 aromatic rings. The van der Waals surface area contributed by atoms with E-state index in [0.29, 0.717) is 17.0 Å². The Hall–Kier alpha value is -2.93. The van der Waals surface area contributed by atoms with E-state index in [2.05, 4.69) is 10.3 Å². The molecule has 1 aromatic carbocycles. The molecule has 2 aromatic heterocycles. The minimum Gasteiger partial charge on any atom is -0.451 e. The second-order valence-electron chi connectivity index (χ2n) is 7.64. The fourth-order valence-corrected chi connectivity index (χ4v) is 4.80. The van der Waals surface area contributed by atoms with Crippen LogP contribution in [-0.4, -0.2) is 28.7 Å². The van der Waals surface area contributed by atoms with E-state index in [1.807, 2.05) is 12.1 Å². The number of ketones is 1. The van der Waals surface area contributed by atoms with Crippen LogP contribution >= 0.6 is 11.3 Å². The van der Waals surface area contributed by atoms with E-state index in [9.17, 15) is 14.4 Å². The lowest BCUT2D eigenvalue weighted by molar-refractivity contribution is -0.119. The maximum Gasteiger partial charge on any atom is 0.338 e. The van der Waals surface area contributed by atoms with Crippen molar-refractivity contribution in [1.29, 1.82) is 0 Å². The van der Waals surface area contributed by atoms with Crippen LogP contribution in [0.25, 0.3) is 10.9 Å². The summed E-state index contributed by atoms with van der Waals surface area (Å²) in [5, 5.41) is 3.77. The summed E-state index contributed by atoms with van der Waals surface area (Å²) in [5.74, 6) is -0.875. The zero-order valence-corrected chi connectivity index (χ0v) is 17.9. The van der Waals surface area contributed by atoms with E-state index in [1.54, 1.807) is 25.1 Å². The number of aromatic amines is 1. The number of Topliss-reactive ketones (excluding diaryl/α,β-unsaturated/α-hetero) is 1. The molecule has 4 rings (SSSR count). The molecule has 1 aliphatic rings. The number of rotatable bonds is 6. The third-order valence-electron chi connectivity index (χ3n) is 5.40. The van der Waals surface area contributed by atoms with E-state index in [-0.39, 0.29) is 11.7 Å². The Morgan fingerprint density at radius 3 is 2.77 bits per heavy atom. The highest BCUT2D eigenvalue weighted by Crippen LogP contribution is 2.30. The van der Waals surface area contributed by atoms with Crippen LogP contribution in [-0.2, 0) is 28.9 Å². The maximum atomic E-state index is 12.7. The van der Waals surface area contributed by atoms with Crippen LogP contribution in [0.15, 0.2) is 30.3 Å². The number of nitrogens with one attached hydrogen (secondary N) is 2.